The van der Waals surface area contributed by atoms with E-state index in [4.69, 9.17) is 20.9 Å². The molecule has 1 aliphatic rings. The minimum Gasteiger partial charge on any atom is -0.443 e. The number of aromatic nitrogens is 2. The third-order valence-corrected chi connectivity index (χ3v) is 5.69. The van der Waals surface area contributed by atoms with Gasteiger partial charge in [-0.25, -0.2) is 19.5 Å². The third-order valence-electron chi connectivity index (χ3n) is 5.69. The first kappa shape index (κ1) is 27.9. The summed E-state index contributed by atoms with van der Waals surface area (Å²) in [4.78, 5) is 39.8. The Morgan fingerprint density at radius 3 is 2.35 bits per heavy atom. The fraction of sp³-hybridized carbons (Fsp3) is 0.577. The van der Waals surface area contributed by atoms with Gasteiger partial charge in [-0.15, -0.1) is 4.99 Å². The van der Waals surface area contributed by atoms with Crippen LogP contribution in [0.15, 0.2) is 23.2 Å². The third kappa shape index (κ3) is 7.68. The minimum absolute atomic E-state index is 0.140. The molecule has 1 aromatic carbocycles. The highest BCUT2D eigenvalue weighted by molar-refractivity contribution is 5.98. The van der Waals surface area contributed by atoms with Crippen LogP contribution in [0.1, 0.15) is 72.8 Å². The number of amides is 2. The van der Waals surface area contributed by atoms with Crippen LogP contribution in [0.5, 0.6) is 0 Å². The predicted molar refractivity (Wildman–Crippen MR) is 144 cm³/mol. The number of fused-ring (bicyclic) bond motifs is 1. The monoisotopic (exact) mass is 513 g/mol. The number of anilines is 2. The van der Waals surface area contributed by atoms with E-state index in [1.165, 1.54) is 4.90 Å². The number of nitrogen functional groups attached to an aromatic ring is 1. The van der Waals surface area contributed by atoms with E-state index >= 15 is 0 Å². The Labute approximate surface area is 218 Å². The van der Waals surface area contributed by atoms with Crippen LogP contribution >= 0.6 is 0 Å². The van der Waals surface area contributed by atoms with E-state index in [0.717, 1.165) is 30.2 Å². The molecule has 0 bridgehead atoms. The molecule has 202 valence electrons. The van der Waals surface area contributed by atoms with Crippen LogP contribution in [-0.4, -0.2) is 56.3 Å². The van der Waals surface area contributed by atoms with Gasteiger partial charge < -0.3 is 26.3 Å². The Balaban J connectivity index is 2.00. The second kappa shape index (κ2) is 10.8. The maximum absolute atomic E-state index is 13.4. The number of carbonyl (C=O) groups is 2. The Morgan fingerprint density at radius 1 is 1.05 bits per heavy atom. The Kier molecular flexibility index (Phi) is 8.14. The number of hydrogen-bond acceptors (Lipinski definition) is 8. The lowest BCUT2D eigenvalue weighted by molar-refractivity contribution is 0.0271. The molecule has 1 aliphatic carbocycles. The number of nitrogens with two attached hydrogens (primary N) is 2. The lowest BCUT2D eigenvalue weighted by Crippen LogP contribution is -2.57. The zero-order chi connectivity index (χ0) is 27.5. The molecule has 37 heavy (non-hydrogen) atoms. The van der Waals surface area contributed by atoms with Crippen molar-refractivity contribution < 1.29 is 19.1 Å². The lowest BCUT2D eigenvalue weighted by Gasteiger charge is -2.40. The topological polar surface area (TPSA) is 158 Å². The molecule has 0 unspecified atom stereocenters. The summed E-state index contributed by atoms with van der Waals surface area (Å²) in [7, 11) is 0. The van der Waals surface area contributed by atoms with Crippen molar-refractivity contribution >= 4 is 40.8 Å². The van der Waals surface area contributed by atoms with Gasteiger partial charge in [-0.3, -0.25) is 0 Å². The molecule has 0 spiro atoms. The van der Waals surface area contributed by atoms with Crippen molar-refractivity contribution in [2.45, 2.75) is 97.4 Å². The van der Waals surface area contributed by atoms with Crippen LogP contribution in [0.25, 0.3) is 10.9 Å². The average molecular weight is 514 g/mol. The number of aryl methyl sites for hydroxylation is 1. The zero-order valence-corrected chi connectivity index (χ0v) is 22.8. The van der Waals surface area contributed by atoms with Crippen LogP contribution in [0.2, 0.25) is 0 Å². The lowest BCUT2D eigenvalue weighted by atomic mass is 9.89. The molecule has 11 nitrogen and oxygen atoms in total. The second-order valence-electron chi connectivity index (χ2n) is 11.4. The summed E-state index contributed by atoms with van der Waals surface area (Å²) in [5.74, 6) is 0.418. The normalized spacial score (nSPS) is 18.8. The highest BCUT2D eigenvalue weighted by atomic mass is 16.6. The van der Waals surface area contributed by atoms with Gasteiger partial charge in [0, 0.05) is 11.4 Å². The van der Waals surface area contributed by atoms with Gasteiger partial charge in [0.25, 0.3) is 0 Å². The summed E-state index contributed by atoms with van der Waals surface area (Å²) < 4.78 is 11.0. The summed E-state index contributed by atoms with van der Waals surface area (Å²) in [6.45, 7) is 12.5. The summed E-state index contributed by atoms with van der Waals surface area (Å²) in [5, 5.41) is 4.30. The number of ether oxygens (including phenoxy) is 2. The second-order valence-corrected chi connectivity index (χ2v) is 11.4. The first-order chi connectivity index (χ1) is 17.1. The summed E-state index contributed by atoms with van der Waals surface area (Å²) in [5.41, 5.74) is 12.5. The molecule has 2 atom stereocenters. The predicted octanol–water partition coefficient (Wildman–Crippen LogP) is 4.73. The maximum Gasteiger partial charge on any atom is 0.437 e. The van der Waals surface area contributed by atoms with Crippen molar-refractivity contribution in [1.82, 2.24) is 14.9 Å². The molecule has 0 saturated heterocycles. The van der Waals surface area contributed by atoms with Crippen LogP contribution < -0.4 is 16.8 Å². The number of benzene rings is 1. The Morgan fingerprint density at radius 2 is 1.70 bits per heavy atom. The molecule has 0 aliphatic heterocycles. The molecular formula is C26H39N7O4. The number of guanidine groups is 1. The van der Waals surface area contributed by atoms with Crippen molar-refractivity contribution in [2.24, 2.45) is 10.7 Å². The van der Waals surface area contributed by atoms with Gasteiger partial charge in [-0.1, -0.05) is 24.5 Å². The van der Waals surface area contributed by atoms with Gasteiger partial charge in [0.15, 0.2) is 0 Å². The van der Waals surface area contributed by atoms with Crippen molar-refractivity contribution in [2.75, 3.05) is 11.1 Å². The first-order valence-corrected chi connectivity index (χ1v) is 12.5. The van der Waals surface area contributed by atoms with E-state index < -0.39 is 29.4 Å². The largest absolute Gasteiger partial charge is 0.443 e. The van der Waals surface area contributed by atoms with E-state index in [1.54, 1.807) is 41.5 Å². The smallest absolute Gasteiger partial charge is 0.437 e. The molecule has 2 amide bonds. The zero-order valence-electron chi connectivity index (χ0n) is 22.8. The maximum atomic E-state index is 13.4. The molecule has 3 rings (SSSR count). The van der Waals surface area contributed by atoms with Crippen molar-refractivity contribution in [1.29, 1.82) is 0 Å². The molecule has 0 radical (unpaired) electrons. The average Bonchev–Trinajstić information content (AvgIpc) is 2.72. The molecular weight excluding hydrogens is 474 g/mol. The highest BCUT2D eigenvalue weighted by Crippen LogP contribution is 2.30. The van der Waals surface area contributed by atoms with Crippen molar-refractivity contribution in [3.05, 3.63) is 23.8 Å². The summed E-state index contributed by atoms with van der Waals surface area (Å²) in [6.07, 6.45) is 1.53. The fourth-order valence-corrected chi connectivity index (χ4v) is 4.28. The fourth-order valence-electron chi connectivity index (χ4n) is 4.28. The van der Waals surface area contributed by atoms with E-state index in [2.05, 4.69) is 20.3 Å². The molecule has 1 aromatic heterocycles. The quantitative estimate of drug-likeness (QED) is 0.389. The van der Waals surface area contributed by atoms with Gasteiger partial charge >= 0.3 is 12.2 Å². The minimum atomic E-state index is -0.885. The molecule has 1 fully saturated rings. The standard InChI is InChI=1S/C26H39N7O4/c1-15-12-13-17-16(14-15)20(31-21(27)30-17)29-18-10-8-9-11-19(18)33(24(35)37-26(5,6)7)22(28)32-23(34)36-25(2,3)4/h12-14,18-19H,8-11H2,1-7H3,(H2,28,32,34)(H3,27,29,30,31)/t18-,19+/m0/s1. The SMILES string of the molecule is Cc1ccc2nc(N)nc(N[C@H]3CCCC[C@H]3N(C(=O)OC(C)(C)C)C(N)=NC(=O)OC(C)(C)C)c2c1. The number of aliphatic imine (C=N–C) groups is 1. The van der Waals surface area contributed by atoms with Crippen LogP contribution in [0.4, 0.5) is 21.4 Å². The molecule has 2 aromatic rings. The van der Waals surface area contributed by atoms with Gasteiger partial charge in [-0.05, 0) is 73.4 Å². The van der Waals surface area contributed by atoms with Gasteiger partial charge in [0.05, 0.1) is 11.6 Å². The van der Waals surface area contributed by atoms with Crippen LogP contribution in [0, 0.1) is 6.92 Å². The number of carbonyl (C=O) groups excluding carboxylic acids is 2. The molecule has 5 N–H and O–H groups in total. The highest BCUT2D eigenvalue weighted by Gasteiger charge is 2.38. The molecule has 11 heteroatoms. The summed E-state index contributed by atoms with van der Waals surface area (Å²) >= 11 is 0. The van der Waals surface area contributed by atoms with E-state index in [-0.39, 0.29) is 17.9 Å². The van der Waals surface area contributed by atoms with Crippen LogP contribution in [-0.2, 0) is 9.47 Å². The van der Waals surface area contributed by atoms with Crippen molar-refractivity contribution in [3.8, 4) is 0 Å². The first-order valence-electron chi connectivity index (χ1n) is 12.5. The molecule has 1 heterocycles. The van der Waals surface area contributed by atoms with Gasteiger partial charge in [0.2, 0.25) is 11.9 Å². The van der Waals surface area contributed by atoms with E-state index in [0.29, 0.717) is 17.8 Å². The number of rotatable bonds is 3. The van der Waals surface area contributed by atoms with Gasteiger partial charge in [-0.2, -0.15) is 4.98 Å². The number of nitrogens with one attached hydrogen (secondary N) is 1. The molecule has 1 saturated carbocycles. The van der Waals surface area contributed by atoms with Crippen molar-refractivity contribution in [3.63, 3.8) is 0 Å². The Bertz CT molecular complexity index is 1180. The Hall–Kier alpha value is -3.63. The summed E-state index contributed by atoms with van der Waals surface area (Å²) in [6, 6.07) is 5.10. The van der Waals surface area contributed by atoms with Gasteiger partial charge in [0.1, 0.15) is 17.0 Å². The van der Waals surface area contributed by atoms with E-state index in [1.807, 2.05) is 25.1 Å². The van der Waals surface area contributed by atoms with E-state index in [9.17, 15) is 9.59 Å². The number of hydrogen-bond donors (Lipinski definition) is 3. The van der Waals surface area contributed by atoms with Crippen LogP contribution in [0.3, 0.4) is 0 Å². The number of nitrogens with zero attached hydrogens (tertiary/aromatic N) is 4.